The predicted octanol–water partition coefficient (Wildman–Crippen LogP) is 4.05. The van der Waals surface area contributed by atoms with Gasteiger partial charge in [0.1, 0.15) is 0 Å². The normalized spacial score (nSPS) is 16.0. The predicted molar refractivity (Wildman–Crippen MR) is 81.0 cm³/mol. The van der Waals surface area contributed by atoms with Crippen LogP contribution in [0.1, 0.15) is 22.6 Å². The van der Waals surface area contributed by atoms with E-state index in [1.54, 1.807) is 12.1 Å². The summed E-state index contributed by atoms with van der Waals surface area (Å²) in [5.41, 5.74) is 3.29. The summed E-state index contributed by atoms with van der Waals surface area (Å²) in [6.45, 7) is 0.456. The van der Waals surface area contributed by atoms with E-state index in [0.717, 1.165) is 6.42 Å². The van der Waals surface area contributed by atoms with Gasteiger partial charge in [0.05, 0.1) is 11.5 Å². The number of hydrogen-bond donors (Lipinski definition) is 0. The molecular weight excluding hydrogens is 290 g/mol. The van der Waals surface area contributed by atoms with Gasteiger partial charge >= 0.3 is 5.69 Å². The Morgan fingerprint density at radius 3 is 2.81 bits per heavy atom. The van der Waals surface area contributed by atoms with Crippen molar-refractivity contribution in [1.82, 2.24) is 0 Å². The van der Waals surface area contributed by atoms with E-state index in [1.807, 2.05) is 12.1 Å². The molecule has 0 aliphatic heterocycles. The van der Waals surface area contributed by atoms with Crippen LogP contribution in [0.3, 0.4) is 0 Å². The molecule has 0 amide bonds. The van der Waals surface area contributed by atoms with Crippen molar-refractivity contribution in [1.29, 1.82) is 0 Å². The quantitative estimate of drug-likeness (QED) is 0.475. The molecule has 5 heteroatoms. The lowest BCUT2D eigenvalue weighted by atomic mass is 9.78. The van der Waals surface area contributed by atoms with Gasteiger partial charge in [0.2, 0.25) is 0 Å². The van der Waals surface area contributed by atoms with Crippen molar-refractivity contribution >= 4 is 17.3 Å². The minimum Gasteiger partial charge on any atom is -0.486 e. The summed E-state index contributed by atoms with van der Waals surface area (Å²) in [5.74, 6) is 0.865. The molecule has 21 heavy (non-hydrogen) atoms. The number of nitro benzene ring substituents is 1. The number of ether oxygens (including phenoxy) is 1. The third-order valence-electron chi connectivity index (χ3n) is 3.78. The summed E-state index contributed by atoms with van der Waals surface area (Å²) < 4.78 is 5.67. The van der Waals surface area contributed by atoms with E-state index >= 15 is 0 Å². The van der Waals surface area contributed by atoms with Gasteiger partial charge in [-0.05, 0) is 29.2 Å². The van der Waals surface area contributed by atoms with Crippen LogP contribution in [0.25, 0.3) is 0 Å². The van der Waals surface area contributed by atoms with E-state index in [1.165, 1.54) is 17.2 Å². The molecule has 1 aliphatic rings. The van der Waals surface area contributed by atoms with Gasteiger partial charge in [0.25, 0.3) is 0 Å². The molecule has 0 N–H and O–H groups in total. The molecule has 0 saturated heterocycles. The molecule has 0 aromatic heterocycles. The minimum atomic E-state index is -0.430. The summed E-state index contributed by atoms with van der Waals surface area (Å²) in [6.07, 6.45) is 0.962. The summed E-state index contributed by atoms with van der Waals surface area (Å²) in [6, 6.07) is 13.1. The first-order valence-electron chi connectivity index (χ1n) is 6.73. The van der Waals surface area contributed by atoms with Gasteiger partial charge in [-0.2, -0.15) is 0 Å². The molecule has 4 nitrogen and oxygen atoms in total. The fraction of sp³-hybridized carbons (Fsp3) is 0.250. The summed E-state index contributed by atoms with van der Waals surface area (Å²) in [7, 11) is 0. The Bertz CT molecular complexity index is 687. The summed E-state index contributed by atoms with van der Waals surface area (Å²) in [4.78, 5) is 10.7. The van der Waals surface area contributed by atoms with Gasteiger partial charge in [0, 0.05) is 17.9 Å². The average Bonchev–Trinajstić information content (AvgIpc) is 2.48. The fourth-order valence-corrected chi connectivity index (χ4v) is 2.78. The Kier molecular flexibility index (Phi) is 3.80. The number of alkyl halides is 1. The maximum absolute atomic E-state index is 11.1. The zero-order valence-electron chi connectivity index (χ0n) is 11.3. The molecule has 0 fully saturated rings. The molecule has 0 bridgehead atoms. The highest BCUT2D eigenvalue weighted by atomic mass is 35.5. The van der Waals surface area contributed by atoms with Crippen molar-refractivity contribution in [3.63, 3.8) is 0 Å². The lowest BCUT2D eigenvalue weighted by Crippen LogP contribution is -2.23. The van der Waals surface area contributed by atoms with E-state index in [2.05, 4.69) is 12.1 Å². The number of fused-ring (bicyclic) bond motifs is 1. The smallest absolute Gasteiger partial charge is 0.311 e. The molecule has 0 spiro atoms. The molecule has 1 atom stereocenters. The van der Waals surface area contributed by atoms with Crippen LogP contribution in [-0.4, -0.2) is 11.5 Å². The number of hydrogen-bond acceptors (Lipinski definition) is 3. The molecule has 1 aliphatic carbocycles. The molecule has 0 radical (unpaired) electrons. The zero-order chi connectivity index (χ0) is 14.8. The number of rotatable bonds is 5. The lowest BCUT2D eigenvalue weighted by Gasteiger charge is -2.29. The van der Waals surface area contributed by atoms with E-state index in [-0.39, 0.29) is 11.6 Å². The third kappa shape index (κ3) is 2.72. The maximum atomic E-state index is 11.1. The number of nitrogens with zero attached hydrogens (tertiary/aromatic N) is 1. The van der Waals surface area contributed by atoms with Crippen LogP contribution in [0.15, 0.2) is 42.5 Å². The standard InChI is InChI=1S/C16H14ClNO3/c17-9-11-5-6-16(15(7-11)18(19)20)21-10-13-8-12-3-1-2-4-14(12)13/h1-7,13H,8-10H2. The molecule has 1 unspecified atom stereocenters. The van der Waals surface area contributed by atoms with Gasteiger partial charge in [-0.3, -0.25) is 10.1 Å². The van der Waals surface area contributed by atoms with Crippen molar-refractivity contribution in [3.8, 4) is 5.75 Å². The average molecular weight is 304 g/mol. The first-order chi connectivity index (χ1) is 10.2. The second-order valence-corrected chi connectivity index (χ2v) is 5.37. The van der Waals surface area contributed by atoms with Crippen LogP contribution in [0, 0.1) is 10.1 Å². The van der Waals surface area contributed by atoms with Gasteiger partial charge < -0.3 is 4.74 Å². The molecule has 108 valence electrons. The van der Waals surface area contributed by atoms with Gasteiger partial charge in [0.15, 0.2) is 5.75 Å². The van der Waals surface area contributed by atoms with Crippen LogP contribution in [0.5, 0.6) is 5.75 Å². The second-order valence-electron chi connectivity index (χ2n) is 5.10. The largest absolute Gasteiger partial charge is 0.486 e. The molecule has 3 rings (SSSR count). The monoisotopic (exact) mass is 303 g/mol. The number of halogens is 1. The Morgan fingerprint density at radius 1 is 1.29 bits per heavy atom. The molecular formula is C16H14ClNO3. The fourth-order valence-electron chi connectivity index (χ4n) is 2.61. The molecule has 0 heterocycles. The van der Waals surface area contributed by atoms with Crippen molar-refractivity contribution in [2.24, 2.45) is 0 Å². The third-order valence-corrected chi connectivity index (χ3v) is 4.08. The highest BCUT2D eigenvalue weighted by Crippen LogP contribution is 2.36. The van der Waals surface area contributed by atoms with E-state index < -0.39 is 4.92 Å². The lowest BCUT2D eigenvalue weighted by molar-refractivity contribution is -0.385. The SMILES string of the molecule is O=[N+]([O-])c1cc(CCl)ccc1OCC1Cc2ccccc21. The highest BCUT2D eigenvalue weighted by Gasteiger charge is 2.27. The van der Waals surface area contributed by atoms with Gasteiger partial charge in [-0.15, -0.1) is 11.6 Å². The van der Waals surface area contributed by atoms with Crippen molar-refractivity contribution in [2.75, 3.05) is 6.61 Å². The van der Waals surface area contributed by atoms with Gasteiger partial charge in [-0.25, -0.2) is 0 Å². The van der Waals surface area contributed by atoms with Crippen LogP contribution < -0.4 is 4.74 Å². The van der Waals surface area contributed by atoms with Crippen molar-refractivity contribution in [2.45, 2.75) is 18.2 Å². The Hall–Kier alpha value is -2.07. The van der Waals surface area contributed by atoms with Crippen LogP contribution >= 0.6 is 11.6 Å². The minimum absolute atomic E-state index is 0.0271. The van der Waals surface area contributed by atoms with E-state index in [4.69, 9.17) is 16.3 Å². The first-order valence-corrected chi connectivity index (χ1v) is 7.26. The summed E-state index contributed by atoms with van der Waals surface area (Å²) >= 11 is 5.71. The van der Waals surface area contributed by atoms with Crippen LogP contribution in [-0.2, 0) is 12.3 Å². The van der Waals surface area contributed by atoms with Crippen LogP contribution in [0.4, 0.5) is 5.69 Å². The molecule has 0 saturated carbocycles. The highest BCUT2D eigenvalue weighted by molar-refractivity contribution is 6.17. The topological polar surface area (TPSA) is 52.4 Å². The number of nitro groups is 1. The van der Waals surface area contributed by atoms with E-state index in [9.17, 15) is 10.1 Å². The Morgan fingerprint density at radius 2 is 2.10 bits per heavy atom. The van der Waals surface area contributed by atoms with Gasteiger partial charge in [-0.1, -0.05) is 30.3 Å². The van der Waals surface area contributed by atoms with Crippen molar-refractivity contribution in [3.05, 3.63) is 69.3 Å². The Balaban J connectivity index is 1.73. The zero-order valence-corrected chi connectivity index (χ0v) is 12.0. The Labute approximate surface area is 127 Å². The maximum Gasteiger partial charge on any atom is 0.311 e. The van der Waals surface area contributed by atoms with E-state index in [0.29, 0.717) is 23.8 Å². The molecule has 2 aromatic rings. The molecule has 2 aromatic carbocycles. The summed E-state index contributed by atoms with van der Waals surface area (Å²) in [5, 5.41) is 11.1. The van der Waals surface area contributed by atoms with Crippen LogP contribution in [0.2, 0.25) is 0 Å². The van der Waals surface area contributed by atoms with Crippen molar-refractivity contribution < 1.29 is 9.66 Å². The number of benzene rings is 2. The second kappa shape index (κ2) is 5.74. The first kappa shape index (κ1) is 13.9.